The molecule has 0 aliphatic carbocycles. The quantitative estimate of drug-likeness (QED) is 0.494. The van der Waals surface area contributed by atoms with Crippen LogP contribution in [0.4, 0.5) is 24.7 Å². The molecule has 10 nitrogen and oxygen atoms in total. The number of anilines is 2. The van der Waals surface area contributed by atoms with E-state index in [-0.39, 0.29) is 23.6 Å². The van der Waals surface area contributed by atoms with Gasteiger partial charge in [-0.2, -0.15) is 0 Å². The molecule has 1 fully saturated rings. The van der Waals surface area contributed by atoms with Gasteiger partial charge in [0.1, 0.15) is 5.69 Å². The lowest BCUT2D eigenvalue weighted by Gasteiger charge is -2.31. The monoisotopic (exact) mass is 515 g/mol. The smallest absolute Gasteiger partial charge is 0.404 e. The minimum absolute atomic E-state index is 0.00602. The number of aromatic nitrogens is 3. The van der Waals surface area contributed by atoms with Gasteiger partial charge in [-0.15, -0.1) is 13.2 Å². The number of halogens is 3. The molecule has 0 radical (unpaired) electrons. The van der Waals surface area contributed by atoms with Gasteiger partial charge >= 0.3 is 6.36 Å². The Labute approximate surface area is 210 Å². The third-order valence-corrected chi connectivity index (χ3v) is 5.53. The Balaban J connectivity index is 1.47. The van der Waals surface area contributed by atoms with E-state index in [4.69, 9.17) is 0 Å². The van der Waals surface area contributed by atoms with Crippen LogP contribution in [0.2, 0.25) is 0 Å². The van der Waals surface area contributed by atoms with Gasteiger partial charge in [0.2, 0.25) is 5.91 Å². The molecule has 2 N–H and O–H groups in total. The summed E-state index contributed by atoms with van der Waals surface area (Å²) in [6, 6.07) is 8.57. The summed E-state index contributed by atoms with van der Waals surface area (Å²) in [5.41, 5.74) is 0.809. The van der Waals surface area contributed by atoms with Gasteiger partial charge in [-0.3, -0.25) is 19.5 Å². The Morgan fingerprint density at radius 3 is 2.41 bits per heavy atom. The van der Waals surface area contributed by atoms with E-state index in [1.54, 1.807) is 24.4 Å². The molecule has 1 saturated heterocycles. The van der Waals surface area contributed by atoms with Gasteiger partial charge in [-0.05, 0) is 37.4 Å². The molecule has 0 bridgehead atoms. The van der Waals surface area contributed by atoms with E-state index in [1.807, 2.05) is 11.9 Å². The number of alkyl halides is 3. The van der Waals surface area contributed by atoms with Crippen LogP contribution in [-0.4, -0.2) is 82.7 Å². The van der Waals surface area contributed by atoms with Crippen LogP contribution in [0.15, 0.2) is 55.0 Å². The first-order chi connectivity index (χ1) is 17.7. The Hall–Kier alpha value is -4.10. The van der Waals surface area contributed by atoms with E-state index in [2.05, 4.69) is 35.2 Å². The van der Waals surface area contributed by atoms with Crippen molar-refractivity contribution in [3.05, 3.63) is 60.6 Å². The van der Waals surface area contributed by atoms with Crippen molar-refractivity contribution >= 4 is 23.3 Å². The average molecular weight is 515 g/mol. The summed E-state index contributed by atoms with van der Waals surface area (Å²) in [6.07, 6.45) is -0.601. The third kappa shape index (κ3) is 7.44. The molecule has 1 aromatic carbocycles. The van der Waals surface area contributed by atoms with E-state index in [9.17, 15) is 22.8 Å². The number of nitrogens with one attached hydrogen (secondary N) is 2. The number of hydrogen-bond acceptors (Lipinski definition) is 8. The predicted octanol–water partition coefficient (Wildman–Crippen LogP) is 2.88. The van der Waals surface area contributed by atoms with Gasteiger partial charge in [0.25, 0.3) is 5.91 Å². The van der Waals surface area contributed by atoms with Crippen molar-refractivity contribution in [1.29, 1.82) is 0 Å². The second-order valence-electron chi connectivity index (χ2n) is 8.34. The highest BCUT2D eigenvalue weighted by molar-refractivity contribution is 6.05. The highest BCUT2D eigenvalue weighted by atomic mass is 19.4. The number of amides is 2. The number of benzene rings is 1. The first kappa shape index (κ1) is 26.0. The second kappa shape index (κ2) is 11.3. The number of pyridine rings is 1. The summed E-state index contributed by atoms with van der Waals surface area (Å²) in [4.78, 5) is 41.9. The number of rotatable bonds is 7. The molecule has 0 saturated carbocycles. The zero-order valence-corrected chi connectivity index (χ0v) is 19.8. The van der Waals surface area contributed by atoms with Crippen molar-refractivity contribution in [3.8, 4) is 17.1 Å². The molecular formula is C24H24F3N7O3. The average Bonchev–Trinajstić information content (AvgIpc) is 2.86. The minimum Gasteiger partial charge on any atom is -0.404 e. The third-order valence-electron chi connectivity index (χ3n) is 5.53. The van der Waals surface area contributed by atoms with Crippen LogP contribution >= 0.6 is 0 Å². The number of carbonyl (C=O) groups excluding carboxylic acids is 2. The molecule has 0 unspecified atom stereocenters. The van der Waals surface area contributed by atoms with Crippen LogP contribution in [0.25, 0.3) is 11.4 Å². The number of likely N-dealkylation sites (N-methyl/N-ethyl adjacent to an activating group) is 1. The second-order valence-corrected chi connectivity index (χ2v) is 8.34. The van der Waals surface area contributed by atoms with E-state index >= 15 is 0 Å². The number of piperazine rings is 1. The standard InChI is InChI=1S/C24H24F3N7O3/c1-33-8-10-34(11-9-33)15-22(35)31-18-12-16(5-6-20(18)37-24(25,26)27)23(36)32-21-14-29-19(13-30-21)17-4-2-3-7-28-17/h2-7,12-14H,8-11,15H2,1H3,(H,31,35)(H,30,32,36). The Bertz CT molecular complexity index is 1230. The Morgan fingerprint density at radius 1 is 0.973 bits per heavy atom. The van der Waals surface area contributed by atoms with E-state index < -0.39 is 23.9 Å². The van der Waals surface area contributed by atoms with Crippen molar-refractivity contribution in [2.24, 2.45) is 0 Å². The van der Waals surface area contributed by atoms with Gasteiger partial charge in [0, 0.05) is 37.9 Å². The lowest BCUT2D eigenvalue weighted by Crippen LogP contribution is -2.47. The van der Waals surface area contributed by atoms with Gasteiger partial charge in [0.05, 0.1) is 30.3 Å². The largest absolute Gasteiger partial charge is 0.573 e. The molecule has 1 aliphatic rings. The lowest BCUT2D eigenvalue weighted by molar-refractivity contribution is -0.274. The first-order valence-corrected chi connectivity index (χ1v) is 11.3. The van der Waals surface area contributed by atoms with Crippen molar-refractivity contribution in [3.63, 3.8) is 0 Å². The van der Waals surface area contributed by atoms with Gasteiger partial charge < -0.3 is 20.3 Å². The zero-order valence-electron chi connectivity index (χ0n) is 19.8. The van der Waals surface area contributed by atoms with Crippen LogP contribution in [0, 0.1) is 0 Å². The molecular weight excluding hydrogens is 491 g/mol. The molecule has 4 rings (SSSR count). The molecule has 0 atom stereocenters. The molecule has 1 aliphatic heterocycles. The van der Waals surface area contributed by atoms with E-state index in [1.165, 1.54) is 12.4 Å². The van der Waals surface area contributed by atoms with Crippen molar-refractivity contribution in [2.45, 2.75) is 6.36 Å². The van der Waals surface area contributed by atoms with Crippen LogP contribution in [0.1, 0.15) is 10.4 Å². The Morgan fingerprint density at radius 2 is 1.76 bits per heavy atom. The summed E-state index contributed by atoms with van der Waals surface area (Å²) < 4.78 is 42.8. The molecule has 0 spiro atoms. The van der Waals surface area contributed by atoms with Crippen LogP contribution in [-0.2, 0) is 4.79 Å². The first-order valence-electron chi connectivity index (χ1n) is 11.3. The zero-order chi connectivity index (χ0) is 26.4. The van der Waals surface area contributed by atoms with Crippen LogP contribution in [0.3, 0.4) is 0 Å². The molecule has 2 amide bonds. The SMILES string of the molecule is CN1CCN(CC(=O)Nc2cc(C(=O)Nc3cnc(-c4ccccn4)cn3)ccc2OC(F)(F)F)CC1. The summed E-state index contributed by atoms with van der Waals surface area (Å²) in [5.74, 6) is -1.69. The number of carbonyl (C=O) groups is 2. The molecule has 2 aromatic heterocycles. The van der Waals surface area contributed by atoms with Crippen molar-refractivity contribution < 1.29 is 27.5 Å². The van der Waals surface area contributed by atoms with Gasteiger partial charge in [0.15, 0.2) is 11.6 Å². The molecule has 3 aromatic rings. The summed E-state index contributed by atoms with van der Waals surface area (Å²) in [7, 11) is 1.97. The van der Waals surface area contributed by atoms with Crippen LogP contribution < -0.4 is 15.4 Å². The Kier molecular flexibility index (Phi) is 7.94. The summed E-state index contributed by atoms with van der Waals surface area (Å²) in [6.45, 7) is 2.85. The molecule has 37 heavy (non-hydrogen) atoms. The summed E-state index contributed by atoms with van der Waals surface area (Å²) in [5, 5.41) is 4.98. The predicted molar refractivity (Wildman–Crippen MR) is 129 cm³/mol. The van der Waals surface area contributed by atoms with Gasteiger partial charge in [-0.25, -0.2) is 9.97 Å². The highest BCUT2D eigenvalue weighted by Crippen LogP contribution is 2.31. The number of hydrogen-bond donors (Lipinski definition) is 2. The molecule has 3 heterocycles. The van der Waals surface area contributed by atoms with Crippen LogP contribution in [0.5, 0.6) is 5.75 Å². The maximum atomic E-state index is 12.9. The lowest BCUT2D eigenvalue weighted by atomic mass is 10.1. The van der Waals surface area contributed by atoms with E-state index in [0.29, 0.717) is 24.5 Å². The fraction of sp³-hybridized carbons (Fsp3) is 0.292. The number of ether oxygens (including phenoxy) is 1. The van der Waals surface area contributed by atoms with E-state index in [0.717, 1.165) is 31.3 Å². The fourth-order valence-corrected chi connectivity index (χ4v) is 3.61. The topological polar surface area (TPSA) is 113 Å². The number of nitrogens with zero attached hydrogens (tertiary/aromatic N) is 5. The van der Waals surface area contributed by atoms with Crippen molar-refractivity contribution in [2.75, 3.05) is 50.4 Å². The highest BCUT2D eigenvalue weighted by Gasteiger charge is 2.32. The minimum atomic E-state index is -4.98. The normalized spacial score (nSPS) is 14.7. The molecule has 13 heteroatoms. The fourth-order valence-electron chi connectivity index (χ4n) is 3.61. The summed E-state index contributed by atoms with van der Waals surface area (Å²) >= 11 is 0. The maximum Gasteiger partial charge on any atom is 0.573 e. The van der Waals surface area contributed by atoms with Gasteiger partial charge in [-0.1, -0.05) is 6.07 Å². The maximum absolute atomic E-state index is 12.9. The molecule has 194 valence electrons. The van der Waals surface area contributed by atoms with Crippen molar-refractivity contribution in [1.82, 2.24) is 24.8 Å².